The average Bonchev–Trinajstić information content (AvgIpc) is 3.31. The summed E-state index contributed by atoms with van der Waals surface area (Å²) >= 11 is 0. The molecule has 0 aromatic heterocycles. The summed E-state index contributed by atoms with van der Waals surface area (Å²) in [6.45, 7) is 6.55. The molecular weight excluding hydrogens is 553 g/mol. The maximum absolute atomic E-state index is 17.5. The molecule has 3 N–H and O–H groups in total. The molecule has 11 nitrogen and oxygen atoms in total. The highest BCUT2D eigenvalue weighted by molar-refractivity contribution is 6.01. The van der Waals surface area contributed by atoms with Crippen LogP contribution in [0.2, 0.25) is 0 Å². The van der Waals surface area contributed by atoms with E-state index >= 15 is 4.39 Å². The van der Waals surface area contributed by atoms with Crippen LogP contribution in [0.5, 0.6) is 0 Å². The van der Waals surface area contributed by atoms with Gasteiger partial charge in [0, 0.05) is 23.2 Å². The molecule has 12 heteroatoms. The number of hydrogen-bond donors (Lipinski definition) is 3. The number of carbonyl (C=O) groups excluding carboxylic acids is 3. The minimum absolute atomic E-state index is 0.0596. The van der Waals surface area contributed by atoms with Gasteiger partial charge in [0.1, 0.15) is 0 Å². The summed E-state index contributed by atoms with van der Waals surface area (Å²) in [5.74, 6) is -3.33. The highest BCUT2D eigenvalue weighted by atomic mass is 19.1. The largest absolute Gasteiger partial charge is 0.458 e. The van der Waals surface area contributed by atoms with E-state index in [1.54, 1.807) is 26.8 Å². The maximum atomic E-state index is 17.5. The number of carbonyl (C=O) groups is 3. The van der Waals surface area contributed by atoms with Gasteiger partial charge in [-0.1, -0.05) is 25.0 Å². The molecule has 42 heavy (non-hydrogen) atoms. The molecule has 0 aromatic carbocycles. The van der Waals surface area contributed by atoms with Crippen LogP contribution in [-0.2, 0) is 33.4 Å². The summed E-state index contributed by atoms with van der Waals surface area (Å²) in [6.07, 6.45) is 5.05. The minimum atomic E-state index is -2.05. The molecule has 4 aliphatic carbocycles. The molecule has 1 heterocycles. The number of unbranched alkanes of at least 4 members (excludes halogenated alkanes) is 2. The fraction of sp³-hybridized carbons (Fsp3) is 0.767. The molecule has 4 fully saturated rings. The zero-order chi connectivity index (χ0) is 30.7. The van der Waals surface area contributed by atoms with E-state index in [0.29, 0.717) is 44.1 Å². The predicted octanol–water partition coefficient (Wildman–Crippen LogP) is 3.54. The molecule has 0 spiro atoms. The summed E-state index contributed by atoms with van der Waals surface area (Å²) < 4.78 is 35.6. The number of Topliss-reactive ketones (excluding diaryl/α,β-unsaturated/α-hetero) is 1. The van der Waals surface area contributed by atoms with Crippen LogP contribution >= 0.6 is 0 Å². The van der Waals surface area contributed by atoms with Crippen molar-refractivity contribution >= 4 is 17.5 Å². The molecular formula is C30H42FNO10. The van der Waals surface area contributed by atoms with Gasteiger partial charge in [-0.2, -0.15) is 0 Å². The number of ketones is 2. The monoisotopic (exact) mass is 595 g/mol. The Kier molecular flexibility index (Phi) is 8.09. The van der Waals surface area contributed by atoms with E-state index in [9.17, 15) is 19.5 Å². The first-order valence-electron chi connectivity index (χ1n) is 14.8. The number of nitrogens with zero attached hydrogens (tertiary/aromatic N) is 1. The SMILES string of the molecule is CC1(C)O[C@@H]2C[C@H]3C4CCC5=CC(=O)C=C[C@]5(C)[C@@]4(F)[C@@H](O)C[C@]3(C)[C@]2(C(=O)COC(=O)CCCCCON(O)O)O1. The Balaban J connectivity index is 1.35. The molecule has 234 valence electrons. The number of alkyl halides is 1. The molecule has 5 aliphatic rings. The van der Waals surface area contributed by atoms with Crippen LogP contribution in [-0.4, -0.2) is 80.9 Å². The number of allylic oxidation sites excluding steroid dienone is 4. The van der Waals surface area contributed by atoms with Gasteiger partial charge in [0.2, 0.25) is 5.78 Å². The summed E-state index contributed by atoms with van der Waals surface area (Å²) in [5, 5.41) is 28.4. The molecule has 0 amide bonds. The smallest absolute Gasteiger partial charge is 0.306 e. The van der Waals surface area contributed by atoms with Crippen LogP contribution in [0.4, 0.5) is 4.39 Å². The Morgan fingerprint density at radius 1 is 1.14 bits per heavy atom. The number of aliphatic hydroxyl groups is 1. The van der Waals surface area contributed by atoms with E-state index in [1.807, 2.05) is 6.92 Å². The second kappa shape index (κ2) is 10.8. The molecule has 1 unspecified atom stereocenters. The average molecular weight is 596 g/mol. The molecule has 5 rings (SSSR count). The molecule has 1 aliphatic heterocycles. The second-order valence-corrected chi connectivity index (χ2v) is 13.3. The van der Waals surface area contributed by atoms with Crippen molar-refractivity contribution in [3.05, 3.63) is 23.8 Å². The number of esters is 1. The number of halogens is 1. The Hall–Kier alpha value is -2.06. The van der Waals surface area contributed by atoms with Gasteiger partial charge >= 0.3 is 5.97 Å². The molecule has 0 aromatic rings. The number of aliphatic hydroxyl groups excluding tert-OH is 1. The zero-order valence-electron chi connectivity index (χ0n) is 24.6. The Morgan fingerprint density at radius 2 is 1.88 bits per heavy atom. The molecule has 1 saturated heterocycles. The number of ether oxygens (including phenoxy) is 3. The topological polar surface area (TPSA) is 152 Å². The lowest BCUT2D eigenvalue weighted by Crippen LogP contribution is -2.70. The Labute approximate surface area is 244 Å². The van der Waals surface area contributed by atoms with Crippen molar-refractivity contribution in [1.82, 2.24) is 5.39 Å². The van der Waals surface area contributed by atoms with Crippen molar-refractivity contribution < 1.29 is 53.3 Å². The van der Waals surface area contributed by atoms with E-state index in [0.717, 1.165) is 0 Å². The first kappa shape index (κ1) is 31.4. The summed E-state index contributed by atoms with van der Waals surface area (Å²) in [7, 11) is 0. The predicted molar refractivity (Wildman–Crippen MR) is 142 cm³/mol. The minimum Gasteiger partial charge on any atom is -0.458 e. The molecule has 8 atom stereocenters. The lowest BCUT2D eigenvalue weighted by molar-refractivity contribution is -0.492. The van der Waals surface area contributed by atoms with Gasteiger partial charge in [-0.3, -0.25) is 29.6 Å². The van der Waals surface area contributed by atoms with Gasteiger partial charge in [-0.05, 0) is 77.4 Å². The van der Waals surface area contributed by atoms with Crippen molar-refractivity contribution in [3.63, 3.8) is 0 Å². The maximum Gasteiger partial charge on any atom is 0.306 e. The standard InChI is InChI=1S/C30H42FNO10/c1-26(2)41-24-15-21-20-10-9-18-14-19(33)11-12-27(18,3)29(20,31)22(34)16-28(21,4)30(24,42-26)23(35)17-39-25(36)8-6-5-7-13-40-32(37)38/h11-12,14,20-22,24,34,37-38H,5-10,13,15-17H2,1-4H3/t20?,21-,22-,24+,27-,28-,29-,30+/m0/s1. The zero-order valence-corrected chi connectivity index (χ0v) is 24.6. The number of rotatable bonds is 10. The third kappa shape index (κ3) is 4.70. The van der Waals surface area contributed by atoms with Crippen LogP contribution in [0.25, 0.3) is 0 Å². The van der Waals surface area contributed by atoms with E-state index < -0.39 is 64.4 Å². The van der Waals surface area contributed by atoms with Gasteiger partial charge in [-0.25, -0.2) is 4.39 Å². The number of hydrogen-bond acceptors (Lipinski definition) is 11. The Bertz CT molecular complexity index is 1190. The van der Waals surface area contributed by atoms with Crippen LogP contribution in [0.1, 0.15) is 79.1 Å². The van der Waals surface area contributed by atoms with Gasteiger partial charge in [-0.15, -0.1) is 0 Å². The first-order valence-corrected chi connectivity index (χ1v) is 14.8. The van der Waals surface area contributed by atoms with Crippen LogP contribution in [0.3, 0.4) is 0 Å². The molecule has 0 bridgehead atoms. The third-order valence-corrected chi connectivity index (χ3v) is 10.6. The molecule has 0 radical (unpaired) electrons. The van der Waals surface area contributed by atoms with Crippen LogP contribution in [0, 0.1) is 22.7 Å². The van der Waals surface area contributed by atoms with E-state index in [-0.39, 0.29) is 36.5 Å². The van der Waals surface area contributed by atoms with Crippen LogP contribution in [0.15, 0.2) is 23.8 Å². The fourth-order valence-electron chi connectivity index (χ4n) is 8.83. The van der Waals surface area contributed by atoms with Crippen molar-refractivity contribution in [1.29, 1.82) is 0 Å². The third-order valence-electron chi connectivity index (χ3n) is 10.6. The lowest BCUT2D eigenvalue weighted by atomic mass is 9.44. The normalized spacial score (nSPS) is 41.5. The van der Waals surface area contributed by atoms with E-state index in [1.165, 1.54) is 12.2 Å². The van der Waals surface area contributed by atoms with Gasteiger partial charge in [0.15, 0.2) is 29.4 Å². The van der Waals surface area contributed by atoms with Gasteiger partial charge in [0.05, 0.1) is 24.2 Å². The van der Waals surface area contributed by atoms with Gasteiger partial charge in [0.25, 0.3) is 0 Å². The number of fused-ring (bicyclic) bond motifs is 7. The quantitative estimate of drug-likeness (QED) is 0.193. The summed E-state index contributed by atoms with van der Waals surface area (Å²) in [5.41, 5.74) is -5.08. The van der Waals surface area contributed by atoms with Crippen LogP contribution < -0.4 is 0 Å². The summed E-state index contributed by atoms with van der Waals surface area (Å²) in [4.78, 5) is 43.1. The van der Waals surface area contributed by atoms with Crippen molar-refractivity contribution in [3.8, 4) is 0 Å². The van der Waals surface area contributed by atoms with Gasteiger partial charge < -0.3 is 19.3 Å². The first-order chi connectivity index (χ1) is 19.6. The summed E-state index contributed by atoms with van der Waals surface area (Å²) in [6, 6.07) is 0. The van der Waals surface area contributed by atoms with E-state index in [4.69, 9.17) is 24.6 Å². The second-order valence-electron chi connectivity index (χ2n) is 13.3. The highest BCUT2D eigenvalue weighted by Gasteiger charge is 2.80. The van der Waals surface area contributed by atoms with Crippen molar-refractivity contribution in [2.75, 3.05) is 13.2 Å². The highest BCUT2D eigenvalue weighted by Crippen LogP contribution is 2.72. The van der Waals surface area contributed by atoms with Crippen molar-refractivity contribution in [2.45, 2.75) is 108 Å². The Morgan fingerprint density at radius 3 is 2.60 bits per heavy atom. The molecule has 3 saturated carbocycles. The van der Waals surface area contributed by atoms with E-state index in [2.05, 4.69) is 4.84 Å². The lowest BCUT2D eigenvalue weighted by Gasteiger charge is -2.62. The van der Waals surface area contributed by atoms with Crippen molar-refractivity contribution in [2.24, 2.45) is 22.7 Å². The fourth-order valence-corrected chi connectivity index (χ4v) is 8.83.